The molecule has 3 nitrogen and oxygen atoms in total. The van der Waals surface area contributed by atoms with Crippen LogP contribution in [0.2, 0.25) is 0 Å². The first-order chi connectivity index (χ1) is 9.12. The van der Waals surface area contributed by atoms with Crippen LogP contribution in [-0.2, 0) is 15.8 Å². The largest absolute Gasteiger partial charge is 0.513 e. The van der Waals surface area contributed by atoms with Gasteiger partial charge in [0.25, 0.3) is 0 Å². The molecule has 1 aliphatic rings. The second-order valence-corrected chi connectivity index (χ2v) is 6.43. The molecule has 1 aromatic carbocycles. The van der Waals surface area contributed by atoms with Gasteiger partial charge >= 0.3 is 8.03 Å². The summed E-state index contributed by atoms with van der Waals surface area (Å²) in [5.74, 6) is -0.00424. The lowest BCUT2D eigenvalue weighted by Crippen LogP contribution is -2.39. The second-order valence-electron chi connectivity index (χ2n) is 5.41. The highest BCUT2D eigenvalue weighted by Gasteiger charge is 2.45. The van der Waals surface area contributed by atoms with Crippen LogP contribution in [0.3, 0.4) is 0 Å². The van der Waals surface area contributed by atoms with Crippen molar-refractivity contribution in [1.82, 2.24) is 0 Å². The van der Waals surface area contributed by atoms with Crippen LogP contribution in [0.5, 0.6) is 0 Å². The Morgan fingerprint density at radius 1 is 1.26 bits per heavy atom. The molecule has 4 heteroatoms. The molecule has 0 radical (unpaired) electrons. The molecule has 1 aliphatic carbocycles. The van der Waals surface area contributed by atoms with E-state index in [1.165, 1.54) is 5.56 Å². The molecule has 1 saturated carbocycles. The predicted molar refractivity (Wildman–Crippen MR) is 75.4 cm³/mol. The van der Waals surface area contributed by atoms with E-state index in [1.807, 2.05) is 18.2 Å². The van der Waals surface area contributed by atoms with E-state index in [0.717, 1.165) is 38.5 Å². The van der Waals surface area contributed by atoms with Gasteiger partial charge in [-0.1, -0.05) is 36.8 Å². The Bertz CT molecular complexity index is 452. The maximum atomic E-state index is 12.1. The summed E-state index contributed by atoms with van der Waals surface area (Å²) in [4.78, 5) is 21.0. The first-order valence-electron chi connectivity index (χ1n) is 6.83. The average Bonchev–Trinajstić information content (AvgIpc) is 2.32. The molecule has 0 amide bonds. The van der Waals surface area contributed by atoms with Crippen LogP contribution in [0.1, 0.15) is 37.7 Å². The minimum absolute atomic E-state index is 0.00424. The molecular weight excluding hydrogens is 259 g/mol. The fourth-order valence-corrected chi connectivity index (χ4v) is 3.42. The van der Waals surface area contributed by atoms with Crippen LogP contribution >= 0.6 is 8.03 Å². The van der Waals surface area contributed by atoms with Crippen molar-refractivity contribution in [3.8, 4) is 0 Å². The molecule has 1 aromatic rings. The molecule has 1 unspecified atom stereocenters. The summed E-state index contributed by atoms with van der Waals surface area (Å²) in [5, 5.41) is 0. The predicted octanol–water partition coefficient (Wildman–Crippen LogP) is 3.48. The molecule has 0 bridgehead atoms. The Balaban J connectivity index is 1.85. The number of carbonyl (C=O) groups excluding carboxylic acids is 1. The van der Waals surface area contributed by atoms with Gasteiger partial charge in [0.2, 0.25) is 6.16 Å². The third-order valence-corrected chi connectivity index (χ3v) is 4.70. The standard InChI is InChI=1S/C15H19O3P/c16-14(12-19(17)18)15(10-5-11-15)9-4-8-13-6-2-1-3-7-13/h1-3,6-7H,4-5,8-12H2/p+1. The summed E-state index contributed by atoms with van der Waals surface area (Å²) in [7, 11) is -2.33. The summed E-state index contributed by atoms with van der Waals surface area (Å²) in [6.45, 7) is 0. The van der Waals surface area contributed by atoms with Crippen molar-refractivity contribution in [1.29, 1.82) is 0 Å². The number of benzene rings is 1. The molecule has 102 valence electrons. The van der Waals surface area contributed by atoms with E-state index in [2.05, 4.69) is 12.1 Å². The Labute approximate surface area is 114 Å². The molecule has 1 atom stereocenters. The zero-order valence-electron chi connectivity index (χ0n) is 11.0. The van der Waals surface area contributed by atoms with Crippen molar-refractivity contribution in [2.24, 2.45) is 5.41 Å². The van der Waals surface area contributed by atoms with Crippen LogP contribution in [0, 0.1) is 5.41 Å². The van der Waals surface area contributed by atoms with Gasteiger partial charge in [-0.25, -0.2) is 0 Å². The second kappa shape index (κ2) is 6.40. The molecule has 1 fully saturated rings. The van der Waals surface area contributed by atoms with Gasteiger partial charge in [-0.3, -0.25) is 4.79 Å². The van der Waals surface area contributed by atoms with Crippen LogP contribution < -0.4 is 0 Å². The maximum absolute atomic E-state index is 12.1. The van der Waals surface area contributed by atoms with Gasteiger partial charge in [-0.2, -0.15) is 4.89 Å². The summed E-state index contributed by atoms with van der Waals surface area (Å²) < 4.78 is 10.8. The van der Waals surface area contributed by atoms with Crippen LogP contribution in [0.25, 0.3) is 0 Å². The number of ketones is 1. The molecule has 1 N–H and O–H groups in total. The smallest absolute Gasteiger partial charge is 0.294 e. The van der Waals surface area contributed by atoms with Crippen molar-refractivity contribution in [3.05, 3.63) is 35.9 Å². The van der Waals surface area contributed by atoms with Crippen LogP contribution in [-0.4, -0.2) is 16.8 Å². The van der Waals surface area contributed by atoms with E-state index >= 15 is 0 Å². The van der Waals surface area contributed by atoms with Crippen molar-refractivity contribution in [2.75, 3.05) is 6.16 Å². The maximum Gasteiger partial charge on any atom is 0.513 e. The van der Waals surface area contributed by atoms with E-state index in [1.54, 1.807) is 0 Å². The molecule has 0 heterocycles. The van der Waals surface area contributed by atoms with E-state index in [0.29, 0.717) is 0 Å². The number of carbonyl (C=O) groups is 1. The van der Waals surface area contributed by atoms with Gasteiger partial charge in [0, 0.05) is 5.41 Å². The first-order valence-corrected chi connectivity index (χ1v) is 8.23. The number of hydrogen-bond donors (Lipinski definition) is 1. The van der Waals surface area contributed by atoms with Gasteiger partial charge < -0.3 is 0 Å². The summed E-state index contributed by atoms with van der Waals surface area (Å²) in [6, 6.07) is 10.2. The summed E-state index contributed by atoms with van der Waals surface area (Å²) in [6.07, 6.45) is 5.48. The van der Waals surface area contributed by atoms with Crippen molar-refractivity contribution in [3.63, 3.8) is 0 Å². The SMILES string of the molecule is O=C(C[P+](=O)O)C1(CCCc2ccccc2)CCC1. The fraction of sp³-hybridized carbons (Fsp3) is 0.533. The monoisotopic (exact) mass is 279 g/mol. The van der Waals surface area contributed by atoms with Gasteiger partial charge in [0.1, 0.15) is 0 Å². The van der Waals surface area contributed by atoms with E-state index < -0.39 is 8.03 Å². The zero-order chi connectivity index (χ0) is 13.7. The Kier molecular flexibility index (Phi) is 4.84. The molecule has 2 rings (SSSR count). The quantitative estimate of drug-likeness (QED) is 0.777. The third kappa shape index (κ3) is 3.71. The molecule has 0 saturated heterocycles. The lowest BCUT2D eigenvalue weighted by Gasteiger charge is -2.39. The molecule has 0 aromatic heterocycles. The van der Waals surface area contributed by atoms with E-state index in [4.69, 9.17) is 4.89 Å². The van der Waals surface area contributed by atoms with E-state index in [9.17, 15) is 9.36 Å². The highest BCUT2D eigenvalue weighted by molar-refractivity contribution is 7.39. The Hall–Kier alpha value is -1.05. The van der Waals surface area contributed by atoms with Gasteiger partial charge in [0.15, 0.2) is 5.78 Å². The van der Waals surface area contributed by atoms with Crippen LogP contribution in [0.4, 0.5) is 0 Å². The number of hydrogen-bond acceptors (Lipinski definition) is 2. The van der Waals surface area contributed by atoms with E-state index in [-0.39, 0.29) is 17.4 Å². The van der Waals surface area contributed by atoms with Gasteiger partial charge in [-0.15, -0.1) is 0 Å². The fourth-order valence-electron chi connectivity index (χ4n) is 2.84. The summed E-state index contributed by atoms with van der Waals surface area (Å²) in [5.41, 5.74) is 1.00. The highest BCUT2D eigenvalue weighted by Crippen LogP contribution is 2.47. The molecule has 0 spiro atoms. The Morgan fingerprint density at radius 3 is 2.47 bits per heavy atom. The highest BCUT2D eigenvalue weighted by atomic mass is 31.1. The van der Waals surface area contributed by atoms with Crippen molar-refractivity contribution < 1.29 is 14.3 Å². The Morgan fingerprint density at radius 2 is 1.95 bits per heavy atom. The number of Topliss-reactive ketones (excluding diaryl/α,β-unsaturated/α-hetero) is 1. The van der Waals surface area contributed by atoms with Gasteiger partial charge in [0.05, 0.1) is 0 Å². The average molecular weight is 279 g/mol. The molecular formula is C15H20O3P+. The minimum Gasteiger partial charge on any atom is -0.294 e. The summed E-state index contributed by atoms with van der Waals surface area (Å²) >= 11 is 0. The molecule has 0 aliphatic heterocycles. The van der Waals surface area contributed by atoms with Crippen LogP contribution in [0.15, 0.2) is 30.3 Å². The lowest BCUT2D eigenvalue weighted by atomic mass is 9.63. The molecule has 19 heavy (non-hydrogen) atoms. The first kappa shape index (κ1) is 14.4. The number of aryl methyl sites for hydroxylation is 1. The zero-order valence-corrected chi connectivity index (χ0v) is 11.9. The normalized spacial score (nSPS) is 17.6. The van der Waals surface area contributed by atoms with Crippen molar-refractivity contribution >= 4 is 13.8 Å². The van der Waals surface area contributed by atoms with Gasteiger partial charge in [-0.05, 0) is 42.2 Å². The third-order valence-electron chi connectivity index (χ3n) is 4.14. The minimum atomic E-state index is -2.33. The van der Waals surface area contributed by atoms with Crippen molar-refractivity contribution in [2.45, 2.75) is 38.5 Å². The lowest BCUT2D eigenvalue weighted by molar-refractivity contribution is -0.131. The topological polar surface area (TPSA) is 54.4 Å². The number of rotatable bonds is 7.